The van der Waals surface area contributed by atoms with Gasteiger partial charge in [0.15, 0.2) is 5.78 Å². The van der Waals surface area contributed by atoms with E-state index in [1.54, 1.807) is 0 Å². The van der Waals surface area contributed by atoms with Gasteiger partial charge in [-0.2, -0.15) is 0 Å². The quantitative estimate of drug-likeness (QED) is 0.665. The van der Waals surface area contributed by atoms with Crippen molar-refractivity contribution in [2.75, 3.05) is 13.2 Å². The fraction of sp³-hybridized carbons (Fsp3) is 0.933. The summed E-state index contributed by atoms with van der Waals surface area (Å²) in [6, 6.07) is 0. The molecular weight excluding hydrogens is 242 g/mol. The molecule has 19 heavy (non-hydrogen) atoms. The predicted molar refractivity (Wildman–Crippen MR) is 78.2 cm³/mol. The SMILES string of the molecule is CCC(C)(CCOC(C)(CC)C(=O)CN)OC(C)C. The Balaban J connectivity index is 4.43. The van der Waals surface area contributed by atoms with Crippen LogP contribution in [0, 0.1) is 0 Å². The van der Waals surface area contributed by atoms with Crippen LogP contribution in [0.5, 0.6) is 0 Å². The molecule has 0 aliphatic heterocycles. The maximum absolute atomic E-state index is 11.8. The van der Waals surface area contributed by atoms with Gasteiger partial charge in [0.25, 0.3) is 0 Å². The smallest absolute Gasteiger partial charge is 0.177 e. The van der Waals surface area contributed by atoms with Crippen LogP contribution in [0.3, 0.4) is 0 Å². The Morgan fingerprint density at radius 1 is 1.21 bits per heavy atom. The molecule has 4 heteroatoms. The van der Waals surface area contributed by atoms with Gasteiger partial charge >= 0.3 is 0 Å². The van der Waals surface area contributed by atoms with Gasteiger partial charge in [-0.15, -0.1) is 0 Å². The van der Waals surface area contributed by atoms with Crippen LogP contribution in [0.2, 0.25) is 0 Å². The maximum Gasteiger partial charge on any atom is 0.177 e. The highest BCUT2D eigenvalue weighted by molar-refractivity contribution is 5.88. The first-order valence-electron chi connectivity index (χ1n) is 7.28. The lowest BCUT2D eigenvalue weighted by atomic mass is 9.96. The Hall–Kier alpha value is -0.450. The van der Waals surface area contributed by atoms with E-state index in [1.165, 1.54) is 0 Å². The van der Waals surface area contributed by atoms with Crippen molar-refractivity contribution in [1.82, 2.24) is 0 Å². The van der Waals surface area contributed by atoms with Crippen molar-refractivity contribution in [2.45, 2.75) is 78.1 Å². The number of carbonyl (C=O) groups excluding carboxylic acids is 1. The van der Waals surface area contributed by atoms with Crippen LogP contribution in [0.25, 0.3) is 0 Å². The average molecular weight is 273 g/mol. The van der Waals surface area contributed by atoms with E-state index in [-0.39, 0.29) is 24.0 Å². The summed E-state index contributed by atoms with van der Waals surface area (Å²) in [5.41, 5.74) is 4.47. The Bertz CT molecular complexity index is 281. The minimum atomic E-state index is -0.763. The van der Waals surface area contributed by atoms with Gasteiger partial charge in [0.1, 0.15) is 5.60 Å². The monoisotopic (exact) mass is 273 g/mol. The van der Waals surface area contributed by atoms with Crippen molar-refractivity contribution in [2.24, 2.45) is 5.73 Å². The zero-order valence-electron chi connectivity index (χ0n) is 13.4. The zero-order chi connectivity index (χ0) is 15.1. The molecule has 0 saturated carbocycles. The van der Waals surface area contributed by atoms with E-state index in [1.807, 2.05) is 27.7 Å². The number of hydrogen-bond acceptors (Lipinski definition) is 4. The number of rotatable bonds is 10. The van der Waals surface area contributed by atoms with Crippen LogP contribution in [0.1, 0.15) is 60.8 Å². The zero-order valence-corrected chi connectivity index (χ0v) is 13.4. The second-order valence-electron chi connectivity index (χ2n) is 5.78. The van der Waals surface area contributed by atoms with E-state index in [0.29, 0.717) is 13.0 Å². The first-order valence-corrected chi connectivity index (χ1v) is 7.28. The van der Waals surface area contributed by atoms with Crippen molar-refractivity contribution in [3.8, 4) is 0 Å². The van der Waals surface area contributed by atoms with Crippen LogP contribution >= 0.6 is 0 Å². The summed E-state index contributed by atoms with van der Waals surface area (Å²) in [6.45, 7) is 12.5. The van der Waals surface area contributed by atoms with Gasteiger partial charge in [-0.3, -0.25) is 4.79 Å². The van der Waals surface area contributed by atoms with Crippen molar-refractivity contribution in [1.29, 1.82) is 0 Å². The topological polar surface area (TPSA) is 61.5 Å². The molecule has 0 saturated heterocycles. The Kier molecular flexibility index (Phi) is 7.79. The summed E-state index contributed by atoms with van der Waals surface area (Å²) in [5.74, 6) is -0.0435. The molecule has 0 aliphatic rings. The van der Waals surface area contributed by atoms with Crippen LogP contribution in [0.4, 0.5) is 0 Å². The predicted octanol–water partition coefficient (Wildman–Crippen LogP) is 2.68. The lowest BCUT2D eigenvalue weighted by Crippen LogP contribution is -2.43. The molecule has 0 spiro atoms. The molecule has 0 aromatic rings. The Morgan fingerprint density at radius 2 is 1.79 bits per heavy atom. The minimum Gasteiger partial charge on any atom is -0.373 e. The Labute approximate surface area is 118 Å². The number of ketones is 1. The van der Waals surface area contributed by atoms with Crippen LogP contribution < -0.4 is 5.73 Å². The normalized spacial score (nSPS) is 18.1. The second kappa shape index (κ2) is 7.98. The molecular formula is C15H31NO3. The third-order valence-corrected chi connectivity index (χ3v) is 3.77. The maximum atomic E-state index is 11.8. The van der Waals surface area contributed by atoms with Gasteiger partial charge in [0.2, 0.25) is 0 Å². The molecule has 0 bridgehead atoms. The largest absolute Gasteiger partial charge is 0.373 e. The third kappa shape index (κ3) is 6.02. The highest BCUT2D eigenvalue weighted by Gasteiger charge is 2.32. The molecule has 0 aromatic carbocycles. The van der Waals surface area contributed by atoms with E-state index in [4.69, 9.17) is 15.2 Å². The fourth-order valence-electron chi connectivity index (χ4n) is 1.98. The number of Topliss-reactive ketones (excluding diaryl/α,β-unsaturated/α-hetero) is 1. The van der Waals surface area contributed by atoms with Crippen molar-refractivity contribution in [3.63, 3.8) is 0 Å². The first kappa shape index (κ1) is 18.6. The average Bonchev–Trinajstić information content (AvgIpc) is 2.36. The summed E-state index contributed by atoms with van der Waals surface area (Å²) in [5, 5.41) is 0. The molecule has 0 heterocycles. The van der Waals surface area contributed by atoms with Gasteiger partial charge in [0, 0.05) is 0 Å². The number of ether oxygens (including phenoxy) is 2. The minimum absolute atomic E-state index is 0.0257. The summed E-state index contributed by atoms with van der Waals surface area (Å²) in [4.78, 5) is 11.8. The summed E-state index contributed by atoms with van der Waals surface area (Å²) in [7, 11) is 0. The molecule has 114 valence electrons. The van der Waals surface area contributed by atoms with Gasteiger partial charge in [-0.25, -0.2) is 0 Å². The highest BCUT2D eigenvalue weighted by atomic mass is 16.5. The fourth-order valence-corrected chi connectivity index (χ4v) is 1.98. The van der Waals surface area contributed by atoms with Crippen LogP contribution in [-0.2, 0) is 14.3 Å². The van der Waals surface area contributed by atoms with Crippen LogP contribution in [-0.4, -0.2) is 36.2 Å². The number of nitrogens with two attached hydrogens (primary N) is 1. The van der Waals surface area contributed by atoms with Gasteiger partial charge in [-0.05, 0) is 47.0 Å². The van der Waals surface area contributed by atoms with Crippen molar-refractivity contribution >= 4 is 5.78 Å². The number of hydrogen-bond donors (Lipinski definition) is 1. The van der Waals surface area contributed by atoms with Crippen molar-refractivity contribution < 1.29 is 14.3 Å². The molecule has 0 rings (SSSR count). The third-order valence-electron chi connectivity index (χ3n) is 3.77. The van der Waals surface area contributed by atoms with E-state index < -0.39 is 5.60 Å². The van der Waals surface area contributed by atoms with Crippen LogP contribution in [0.15, 0.2) is 0 Å². The number of carbonyl (C=O) groups is 1. The molecule has 0 radical (unpaired) electrons. The van der Waals surface area contributed by atoms with Gasteiger partial charge in [0.05, 0.1) is 24.9 Å². The summed E-state index contributed by atoms with van der Waals surface area (Å²) in [6.07, 6.45) is 2.52. The molecule has 0 aliphatic carbocycles. The van der Waals surface area contributed by atoms with E-state index in [2.05, 4.69) is 13.8 Å². The second-order valence-corrected chi connectivity index (χ2v) is 5.78. The lowest BCUT2D eigenvalue weighted by molar-refractivity contribution is -0.146. The molecule has 0 amide bonds. The molecule has 4 nitrogen and oxygen atoms in total. The van der Waals surface area contributed by atoms with E-state index in [9.17, 15) is 4.79 Å². The molecule has 0 aromatic heterocycles. The highest BCUT2D eigenvalue weighted by Crippen LogP contribution is 2.24. The van der Waals surface area contributed by atoms with E-state index in [0.717, 1.165) is 12.8 Å². The van der Waals surface area contributed by atoms with Gasteiger partial charge < -0.3 is 15.2 Å². The summed E-state index contributed by atoms with van der Waals surface area (Å²) < 4.78 is 11.7. The standard InChI is InChI=1S/C15H31NO3/c1-7-14(5,19-12(3)4)9-10-18-15(6,8-2)13(17)11-16/h12H,7-11,16H2,1-6H3. The molecule has 2 atom stereocenters. The van der Waals surface area contributed by atoms with Crippen molar-refractivity contribution in [3.05, 3.63) is 0 Å². The molecule has 2 unspecified atom stereocenters. The molecule has 0 fully saturated rings. The Morgan fingerprint density at radius 3 is 2.16 bits per heavy atom. The van der Waals surface area contributed by atoms with E-state index >= 15 is 0 Å². The van der Waals surface area contributed by atoms with Gasteiger partial charge in [-0.1, -0.05) is 13.8 Å². The lowest BCUT2D eigenvalue weighted by Gasteiger charge is -2.33. The summed E-state index contributed by atoms with van der Waals surface area (Å²) >= 11 is 0. The first-order chi connectivity index (χ1) is 8.73. The molecule has 2 N–H and O–H groups in total.